The minimum atomic E-state index is -0.476. The van der Waals surface area contributed by atoms with Crippen molar-refractivity contribution >= 4 is 35.2 Å². The van der Waals surface area contributed by atoms with Gasteiger partial charge in [-0.15, -0.1) is 11.8 Å². The molecule has 2 aromatic carbocycles. The van der Waals surface area contributed by atoms with Crippen LogP contribution in [0.1, 0.15) is 43.0 Å². The number of nitrogens with zero attached hydrogens (tertiary/aromatic N) is 1. The van der Waals surface area contributed by atoms with Crippen molar-refractivity contribution in [3.8, 4) is 5.75 Å². The molecule has 0 fully saturated rings. The summed E-state index contributed by atoms with van der Waals surface area (Å²) in [6.45, 7) is 2.65. The molecule has 0 atom stereocenters. The number of hydrogen-bond acceptors (Lipinski definition) is 5. The third-order valence-corrected chi connectivity index (χ3v) is 5.86. The Labute approximate surface area is 186 Å². The maximum atomic E-state index is 12.3. The standard InChI is InChI=1S/C23H27N3O4S/c1-2-3-4-7-14-30-18-12-10-17(11-13-18)23(29)25-24-21(27)15-26-19-8-5-6-9-20(19)31-16-22(26)28/h5-6,8-13H,2-4,7,14-16H2,1H3,(H,24,27)(H,25,29). The maximum absolute atomic E-state index is 12.3. The number of benzene rings is 2. The molecular formula is C23H27N3O4S. The Morgan fingerprint density at radius 1 is 1.03 bits per heavy atom. The number of nitrogens with one attached hydrogen (secondary N) is 2. The molecule has 7 nitrogen and oxygen atoms in total. The Morgan fingerprint density at radius 3 is 2.58 bits per heavy atom. The fraction of sp³-hybridized carbons (Fsp3) is 0.348. The van der Waals surface area contributed by atoms with Gasteiger partial charge >= 0.3 is 0 Å². The number of thioether (sulfide) groups is 1. The second kappa shape index (κ2) is 11.4. The average Bonchev–Trinajstić information content (AvgIpc) is 2.79. The number of carbonyl (C=O) groups excluding carboxylic acids is 3. The molecule has 3 amide bonds. The van der Waals surface area contributed by atoms with E-state index in [2.05, 4.69) is 17.8 Å². The summed E-state index contributed by atoms with van der Waals surface area (Å²) in [5.41, 5.74) is 5.87. The Bertz CT molecular complexity index is 917. The van der Waals surface area contributed by atoms with Crippen LogP contribution in [0, 0.1) is 0 Å². The molecule has 1 aliphatic heterocycles. The van der Waals surface area contributed by atoms with E-state index in [1.165, 1.54) is 29.5 Å². The minimum Gasteiger partial charge on any atom is -0.494 e. The van der Waals surface area contributed by atoms with Gasteiger partial charge in [0.2, 0.25) is 5.91 Å². The SMILES string of the molecule is CCCCCCOc1ccc(C(=O)NNC(=O)CN2C(=O)CSc3ccccc32)cc1. The second-order valence-corrected chi connectivity index (χ2v) is 8.19. The van der Waals surface area contributed by atoms with E-state index in [0.29, 0.717) is 23.6 Å². The van der Waals surface area contributed by atoms with Crippen LogP contribution >= 0.6 is 11.8 Å². The predicted octanol–water partition coefficient (Wildman–Crippen LogP) is 3.55. The quantitative estimate of drug-likeness (QED) is 0.459. The Hall–Kier alpha value is -3.00. The van der Waals surface area contributed by atoms with E-state index in [0.717, 1.165) is 17.7 Å². The first-order valence-electron chi connectivity index (χ1n) is 10.4. The Morgan fingerprint density at radius 2 is 1.81 bits per heavy atom. The summed E-state index contributed by atoms with van der Waals surface area (Å²) in [4.78, 5) is 39.2. The van der Waals surface area contributed by atoms with Gasteiger partial charge in [-0.1, -0.05) is 38.3 Å². The van der Waals surface area contributed by atoms with Crippen LogP contribution in [0.4, 0.5) is 5.69 Å². The first-order valence-corrected chi connectivity index (χ1v) is 11.4. The van der Waals surface area contributed by atoms with E-state index in [-0.39, 0.29) is 18.2 Å². The lowest BCUT2D eigenvalue weighted by molar-refractivity contribution is -0.123. The van der Waals surface area contributed by atoms with Crippen LogP contribution in [-0.4, -0.2) is 36.6 Å². The maximum Gasteiger partial charge on any atom is 0.269 e. The van der Waals surface area contributed by atoms with Gasteiger partial charge < -0.3 is 9.64 Å². The van der Waals surface area contributed by atoms with Crippen LogP contribution in [-0.2, 0) is 9.59 Å². The summed E-state index contributed by atoms with van der Waals surface area (Å²) < 4.78 is 5.67. The number of hydrazine groups is 1. The van der Waals surface area contributed by atoms with Gasteiger partial charge in [-0.05, 0) is 42.8 Å². The van der Waals surface area contributed by atoms with E-state index < -0.39 is 11.8 Å². The fourth-order valence-corrected chi connectivity index (χ4v) is 4.07. The highest BCUT2D eigenvalue weighted by molar-refractivity contribution is 8.00. The molecule has 0 unspecified atom stereocenters. The summed E-state index contributed by atoms with van der Waals surface area (Å²) in [7, 11) is 0. The molecule has 0 aliphatic carbocycles. The van der Waals surface area contributed by atoms with Crippen LogP contribution in [0.15, 0.2) is 53.4 Å². The fourth-order valence-electron chi connectivity index (χ4n) is 3.13. The summed E-state index contributed by atoms with van der Waals surface area (Å²) in [5, 5.41) is 0. The largest absolute Gasteiger partial charge is 0.494 e. The van der Waals surface area contributed by atoms with Crippen molar-refractivity contribution < 1.29 is 19.1 Å². The van der Waals surface area contributed by atoms with Crippen LogP contribution in [0.5, 0.6) is 5.75 Å². The first-order chi connectivity index (χ1) is 15.1. The molecule has 31 heavy (non-hydrogen) atoms. The van der Waals surface area contributed by atoms with Crippen LogP contribution in [0.3, 0.4) is 0 Å². The molecule has 1 heterocycles. The molecule has 0 bridgehead atoms. The van der Waals surface area contributed by atoms with E-state index in [9.17, 15) is 14.4 Å². The molecule has 2 N–H and O–H groups in total. The van der Waals surface area contributed by atoms with E-state index >= 15 is 0 Å². The monoisotopic (exact) mass is 441 g/mol. The van der Waals surface area contributed by atoms with Gasteiger partial charge in [0.1, 0.15) is 12.3 Å². The second-order valence-electron chi connectivity index (χ2n) is 7.17. The molecule has 1 aliphatic rings. The van der Waals surface area contributed by atoms with Crippen molar-refractivity contribution in [2.24, 2.45) is 0 Å². The third kappa shape index (κ3) is 6.49. The molecule has 3 rings (SSSR count). The van der Waals surface area contributed by atoms with Crippen LogP contribution < -0.4 is 20.5 Å². The van der Waals surface area contributed by atoms with Crippen molar-refractivity contribution in [1.29, 1.82) is 0 Å². The van der Waals surface area contributed by atoms with Gasteiger partial charge in [-0.2, -0.15) is 0 Å². The van der Waals surface area contributed by atoms with Gasteiger partial charge in [0.05, 0.1) is 18.0 Å². The number of fused-ring (bicyclic) bond motifs is 1. The first kappa shape index (κ1) is 22.7. The smallest absolute Gasteiger partial charge is 0.269 e. The highest BCUT2D eigenvalue weighted by Crippen LogP contribution is 2.34. The van der Waals surface area contributed by atoms with Gasteiger partial charge in [0, 0.05) is 10.5 Å². The molecule has 2 aromatic rings. The van der Waals surface area contributed by atoms with Gasteiger partial charge in [0.15, 0.2) is 0 Å². The summed E-state index contributed by atoms with van der Waals surface area (Å²) in [5.74, 6) is -0.0733. The zero-order valence-electron chi connectivity index (χ0n) is 17.6. The number of hydrogen-bond donors (Lipinski definition) is 2. The molecule has 164 valence electrons. The highest BCUT2D eigenvalue weighted by Gasteiger charge is 2.26. The zero-order valence-corrected chi connectivity index (χ0v) is 18.4. The number of ether oxygens (including phenoxy) is 1. The van der Waals surface area contributed by atoms with Gasteiger partial charge in [-0.25, -0.2) is 0 Å². The van der Waals surface area contributed by atoms with Crippen molar-refractivity contribution in [3.05, 3.63) is 54.1 Å². The van der Waals surface area contributed by atoms with E-state index in [1.807, 2.05) is 18.2 Å². The Kier molecular flexibility index (Phi) is 8.35. The molecule has 0 saturated carbocycles. The number of anilines is 1. The molecule has 0 spiro atoms. The Balaban J connectivity index is 1.46. The number of amides is 3. The van der Waals surface area contributed by atoms with Crippen molar-refractivity contribution in [2.45, 2.75) is 37.5 Å². The van der Waals surface area contributed by atoms with E-state index in [1.54, 1.807) is 30.3 Å². The minimum absolute atomic E-state index is 0.143. The van der Waals surface area contributed by atoms with E-state index in [4.69, 9.17) is 4.74 Å². The van der Waals surface area contributed by atoms with Crippen molar-refractivity contribution in [2.75, 3.05) is 23.8 Å². The zero-order chi connectivity index (χ0) is 22.1. The lowest BCUT2D eigenvalue weighted by Gasteiger charge is -2.28. The lowest BCUT2D eigenvalue weighted by Crippen LogP contribution is -2.48. The van der Waals surface area contributed by atoms with Crippen LogP contribution in [0.2, 0.25) is 0 Å². The third-order valence-electron chi connectivity index (χ3n) is 4.81. The highest BCUT2D eigenvalue weighted by atomic mass is 32.2. The summed E-state index contributed by atoms with van der Waals surface area (Å²) >= 11 is 1.45. The lowest BCUT2D eigenvalue weighted by atomic mass is 10.2. The van der Waals surface area contributed by atoms with Crippen LogP contribution in [0.25, 0.3) is 0 Å². The molecule has 0 radical (unpaired) electrons. The summed E-state index contributed by atoms with van der Waals surface area (Å²) in [6, 6.07) is 14.2. The predicted molar refractivity (Wildman–Crippen MR) is 121 cm³/mol. The number of carbonyl (C=O) groups is 3. The molecule has 8 heteroatoms. The van der Waals surface area contributed by atoms with Gasteiger partial charge in [0.25, 0.3) is 11.8 Å². The van der Waals surface area contributed by atoms with Crippen molar-refractivity contribution in [1.82, 2.24) is 10.9 Å². The van der Waals surface area contributed by atoms with Gasteiger partial charge in [-0.3, -0.25) is 25.2 Å². The normalized spacial score (nSPS) is 12.8. The topological polar surface area (TPSA) is 87.7 Å². The average molecular weight is 442 g/mol. The molecule has 0 saturated heterocycles. The number of para-hydroxylation sites is 1. The number of unbranched alkanes of at least 4 members (excludes halogenated alkanes) is 3. The van der Waals surface area contributed by atoms with Crippen molar-refractivity contribution in [3.63, 3.8) is 0 Å². The molecular weight excluding hydrogens is 414 g/mol. The summed E-state index contributed by atoms with van der Waals surface area (Å²) in [6.07, 6.45) is 4.53. The number of rotatable bonds is 9. The molecule has 0 aromatic heterocycles.